The number of amides is 1. The van der Waals surface area contributed by atoms with Gasteiger partial charge in [-0.15, -0.1) is 0 Å². The second-order valence-electron chi connectivity index (χ2n) is 6.02. The summed E-state index contributed by atoms with van der Waals surface area (Å²) in [5.41, 5.74) is 1.77. The van der Waals surface area contributed by atoms with Crippen LogP contribution in [-0.4, -0.2) is 27.3 Å². The summed E-state index contributed by atoms with van der Waals surface area (Å²) in [6, 6.07) is 13.5. The zero-order valence-corrected chi connectivity index (χ0v) is 15.9. The molecule has 10 heteroatoms. The Bertz CT molecular complexity index is 1010. The molecule has 1 amide bonds. The SMILES string of the molecule is O=C(CCc1ccccc1)NCc1nonc1/C(=N\O)Nc1ccc(F)c(Cl)c1. The molecule has 0 aliphatic carbocycles. The first-order valence-electron chi connectivity index (χ1n) is 8.63. The molecular formula is C19H17ClFN5O3. The molecule has 0 aliphatic heterocycles. The van der Waals surface area contributed by atoms with E-state index in [2.05, 4.69) is 26.1 Å². The molecule has 0 atom stereocenters. The fourth-order valence-electron chi connectivity index (χ4n) is 2.52. The number of halogens is 2. The summed E-state index contributed by atoms with van der Waals surface area (Å²) in [5.74, 6) is -0.854. The lowest BCUT2D eigenvalue weighted by atomic mass is 10.1. The first-order chi connectivity index (χ1) is 14.1. The standard InChI is InChI=1S/C19H17ClFN5O3/c20-14-10-13(7-8-15(14)21)23-19(24-28)18-16(25-29-26-18)11-22-17(27)9-6-12-4-2-1-3-5-12/h1-5,7-8,10,28H,6,9,11H2,(H,22,27)(H,23,24). The molecule has 29 heavy (non-hydrogen) atoms. The summed E-state index contributed by atoms with van der Waals surface area (Å²) in [6.07, 6.45) is 0.907. The highest BCUT2D eigenvalue weighted by Crippen LogP contribution is 2.20. The molecule has 0 saturated carbocycles. The number of aryl methyl sites for hydroxylation is 1. The first kappa shape index (κ1) is 20.3. The van der Waals surface area contributed by atoms with E-state index in [1.165, 1.54) is 12.1 Å². The number of anilines is 1. The number of oxime groups is 1. The Balaban J connectivity index is 1.60. The number of hydrogen-bond acceptors (Lipinski definition) is 6. The van der Waals surface area contributed by atoms with Crippen LogP contribution in [0, 0.1) is 5.82 Å². The van der Waals surface area contributed by atoms with E-state index in [-0.39, 0.29) is 34.7 Å². The van der Waals surface area contributed by atoms with Crippen LogP contribution in [0.4, 0.5) is 10.1 Å². The van der Waals surface area contributed by atoms with Gasteiger partial charge in [0.05, 0.1) is 11.6 Å². The maximum absolute atomic E-state index is 13.3. The summed E-state index contributed by atoms with van der Waals surface area (Å²) in [7, 11) is 0. The lowest BCUT2D eigenvalue weighted by Crippen LogP contribution is -2.25. The monoisotopic (exact) mass is 417 g/mol. The number of nitrogens with zero attached hydrogens (tertiary/aromatic N) is 3. The van der Waals surface area contributed by atoms with Gasteiger partial charge in [-0.2, -0.15) is 0 Å². The van der Waals surface area contributed by atoms with Crippen LogP contribution in [0.1, 0.15) is 23.4 Å². The van der Waals surface area contributed by atoms with E-state index in [1.54, 1.807) is 0 Å². The molecule has 0 spiro atoms. The molecule has 1 heterocycles. The molecule has 0 bridgehead atoms. The van der Waals surface area contributed by atoms with Gasteiger partial charge >= 0.3 is 0 Å². The highest BCUT2D eigenvalue weighted by Gasteiger charge is 2.18. The molecule has 150 valence electrons. The lowest BCUT2D eigenvalue weighted by Gasteiger charge is -2.08. The largest absolute Gasteiger partial charge is 0.409 e. The van der Waals surface area contributed by atoms with Crippen LogP contribution in [0.5, 0.6) is 0 Å². The number of nitrogens with one attached hydrogen (secondary N) is 2. The molecule has 3 aromatic rings. The number of benzene rings is 2. The van der Waals surface area contributed by atoms with Crippen LogP contribution in [-0.2, 0) is 17.8 Å². The van der Waals surface area contributed by atoms with E-state index in [9.17, 15) is 14.4 Å². The molecule has 8 nitrogen and oxygen atoms in total. The van der Waals surface area contributed by atoms with Crippen molar-refractivity contribution in [2.45, 2.75) is 19.4 Å². The quantitative estimate of drug-likeness (QED) is 0.235. The minimum Gasteiger partial charge on any atom is -0.409 e. The molecule has 0 unspecified atom stereocenters. The van der Waals surface area contributed by atoms with Crippen molar-refractivity contribution in [2.75, 3.05) is 5.32 Å². The Labute approximate surface area is 170 Å². The summed E-state index contributed by atoms with van der Waals surface area (Å²) in [5, 5.41) is 25.2. The molecule has 1 aromatic heterocycles. The van der Waals surface area contributed by atoms with Crippen LogP contribution in [0.2, 0.25) is 5.02 Å². The Kier molecular flexibility index (Phi) is 6.75. The number of hydrogen-bond donors (Lipinski definition) is 3. The molecule has 3 N–H and O–H groups in total. The van der Waals surface area contributed by atoms with Crippen molar-refractivity contribution in [3.63, 3.8) is 0 Å². The van der Waals surface area contributed by atoms with Crippen LogP contribution < -0.4 is 10.6 Å². The summed E-state index contributed by atoms with van der Waals surface area (Å²) >= 11 is 5.74. The van der Waals surface area contributed by atoms with Crippen molar-refractivity contribution in [1.82, 2.24) is 15.6 Å². The van der Waals surface area contributed by atoms with Crippen molar-refractivity contribution in [3.8, 4) is 0 Å². The van der Waals surface area contributed by atoms with Gasteiger partial charge in [-0.05, 0) is 35.3 Å². The maximum Gasteiger partial charge on any atom is 0.220 e. The third kappa shape index (κ3) is 5.52. The molecule has 0 fully saturated rings. The highest BCUT2D eigenvalue weighted by atomic mass is 35.5. The number of amidine groups is 1. The first-order valence-corrected chi connectivity index (χ1v) is 9.01. The second kappa shape index (κ2) is 9.65. The molecule has 0 saturated heterocycles. The number of aromatic nitrogens is 2. The van der Waals surface area contributed by atoms with E-state index in [0.29, 0.717) is 18.5 Å². The minimum atomic E-state index is -0.582. The smallest absolute Gasteiger partial charge is 0.220 e. The minimum absolute atomic E-state index is 0.0251. The molecule has 3 rings (SSSR count). The van der Waals surface area contributed by atoms with Gasteiger partial charge in [-0.25, -0.2) is 9.02 Å². The van der Waals surface area contributed by atoms with Crippen molar-refractivity contribution in [3.05, 3.63) is 76.3 Å². The Morgan fingerprint density at radius 3 is 2.72 bits per heavy atom. The van der Waals surface area contributed by atoms with E-state index in [4.69, 9.17) is 16.2 Å². The van der Waals surface area contributed by atoms with Crippen molar-refractivity contribution in [1.29, 1.82) is 0 Å². The van der Waals surface area contributed by atoms with Gasteiger partial charge in [-0.1, -0.05) is 52.2 Å². The van der Waals surface area contributed by atoms with E-state index >= 15 is 0 Å². The molecular weight excluding hydrogens is 401 g/mol. The summed E-state index contributed by atoms with van der Waals surface area (Å²) in [4.78, 5) is 12.1. The van der Waals surface area contributed by atoms with Crippen LogP contribution in [0.3, 0.4) is 0 Å². The Hall–Kier alpha value is -3.46. The third-order valence-electron chi connectivity index (χ3n) is 4.00. The highest BCUT2D eigenvalue weighted by molar-refractivity contribution is 6.31. The number of rotatable bonds is 7. The van der Waals surface area contributed by atoms with Crippen molar-refractivity contribution < 1.29 is 19.0 Å². The average Bonchev–Trinajstić information content (AvgIpc) is 3.20. The second-order valence-corrected chi connectivity index (χ2v) is 6.43. The topological polar surface area (TPSA) is 113 Å². The zero-order chi connectivity index (χ0) is 20.6. The van der Waals surface area contributed by atoms with Crippen LogP contribution in [0.15, 0.2) is 58.3 Å². The van der Waals surface area contributed by atoms with E-state index in [1.807, 2.05) is 30.3 Å². The Morgan fingerprint density at radius 2 is 2.00 bits per heavy atom. The average molecular weight is 418 g/mol. The fourth-order valence-corrected chi connectivity index (χ4v) is 2.70. The van der Waals surface area contributed by atoms with Crippen molar-refractivity contribution in [2.24, 2.45) is 5.16 Å². The van der Waals surface area contributed by atoms with E-state index < -0.39 is 5.82 Å². The van der Waals surface area contributed by atoms with Gasteiger partial charge < -0.3 is 15.8 Å². The normalized spacial score (nSPS) is 11.3. The van der Waals surface area contributed by atoms with Gasteiger partial charge in [0, 0.05) is 12.1 Å². The fraction of sp³-hybridized carbons (Fsp3) is 0.158. The maximum atomic E-state index is 13.3. The summed E-state index contributed by atoms with van der Waals surface area (Å²) < 4.78 is 18.0. The van der Waals surface area contributed by atoms with Crippen LogP contribution >= 0.6 is 11.6 Å². The van der Waals surface area contributed by atoms with Gasteiger partial charge in [0.25, 0.3) is 0 Å². The zero-order valence-electron chi connectivity index (χ0n) is 15.1. The van der Waals surface area contributed by atoms with Gasteiger partial charge in [0.2, 0.25) is 11.7 Å². The van der Waals surface area contributed by atoms with Gasteiger partial charge in [-0.3, -0.25) is 4.79 Å². The Morgan fingerprint density at radius 1 is 1.21 bits per heavy atom. The number of carbonyl (C=O) groups is 1. The van der Waals surface area contributed by atoms with Crippen LogP contribution in [0.25, 0.3) is 0 Å². The summed E-state index contributed by atoms with van der Waals surface area (Å²) in [6.45, 7) is 0.0251. The van der Waals surface area contributed by atoms with E-state index in [0.717, 1.165) is 11.6 Å². The van der Waals surface area contributed by atoms with Gasteiger partial charge in [0.15, 0.2) is 5.69 Å². The molecule has 2 aromatic carbocycles. The van der Waals surface area contributed by atoms with Crippen molar-refractivity contribution >= 4 is 29.0 Å². The van der Waals surface area contributed by atoms with Gasteiger partial charge in [0.1, 0.15) is 11.5 Å². The predicted octanol–water partition coefficient (Wildman–Crippen LogP) is 3.36. The molecule has 0 aliphatic rings. The lowest BCUT2D eigenvalue weighted by molar-refractivity contribution is -0.121. The number of carbonyl (C=O) groups excluding carboxylic acids is 1. The predicted molar refractivity (Wildman–Crippen MR) is 104 cm³/mol. The molecule has 0 radical (unpaired) electrons. The third-order valence-corrected chi connectivity index (χ3v) is 4.29.